The van der Waals surface area contributed by atoms with Gasteiger partial charge in [0.05, 0.1) is 24.1 Å². The second-order valence-electron chi connectivity index (χ2n) is 6.76. The predicted octanol–water partition coefficient (Wildman–Crippen LogP) is 5.12. The molecule has 5 heteroatoms. The summed E-state index contributed by atoms with van der Waals surface area (Å²) < 4.78 is 11.1. The number of rotatable bonds is 6. The van der Waals surface area contributed by atoms with Crippen LogP contribution in [0.3, 0.4) is 0 Å². The van der Waals surface area contributed by atoms with Gasteiger partial charge in [0.15, 0.2) is 0 Å². The van der Waals surface area contributed by atoms with Crippen molar-refractivity contribution in [3.8, 4) is 5.75 Å². The Balaban J connectivity index is 1.64. The molecule has 4 nitrogen and oxygen atoms in total. The molecule has 1 aromatic heterocycles. The molecule has 0 spiro atoms. The molecule has 0 saturated carbocycles. The van der Waals surface area contributed by atoms with Crippen LogP contribution in [0.5, 0.6) is 5.75 Å². The van der Waals surface area contributed by atoms with Gasteiger partial charge in [-0.25, -0.2) is 0 Å². The first-order chi connectivity index (χ1) is 13.6. The van der Waals surface area contributed by atoms with Crippen molar-refractivity contribution < 1.29 is 4.74 Å². The Morgan fingerprint density at radius 1 is 0.857 bits per heavy atom. The monoisotopic (exact) mass is 435 g/mol. The van der Waals surface area contributed by atoms with Gasteiger partial charge in [-0.2, -0.15) is 0 Å². The third-order valence-corrected chi connectivity index (χ3v) is 5.70. The summed E-state index contributed by atoms with van der Waals surface area (Å²) >= 11 is 3.62. The normalized spacial score (nSPS) is 11.1. The van der Waals surface area contributed by atoms with Gasteiger partial charge in [0, 0.05) is 4.47 Å². The van der Waals surface area contributed by atoms with E-state index >= 15 is 0 Å². The third kappa shape index (κ3) is 3.62. The molecule has 0 bridgehead atoms. The van der Waals surface area contributed by atoms with E-state index < -0.39 is 0 Å². The van der Waals surface area contributed by atoms with Crippen molar-refractivity contribution in [1.29, 1.82) is 5.41 Å². The minimum Gasteiger partial charge on any atom is -0.491 e. The van der Waals surface area contributed by atoms with E-state index in [4.69, 9.17) is 10.1 Å². The zero-order chi connectivity index (χ0) is 19.5. The molecule has 3 aromatic carbocycles. The molecule has 0 amide bonds. The van der Waals surface area contributed by atoms with Crippen molar-refractivity contribution >= 4 is 27.0 Å². The number of ether oxygens (including phenoxy) is 1. The summed E-state index contributed by atoms with van der Waals surface area (Å²) in [4.78, 5) is 0. The molecule has 0 aliphatic carbocycles. The van der Waals surface area contributed by atoms with Crippen molar-refractivity contribution in [3.63, 3.8) is 0 Å². The van der Waals surface area contributed by atoms with Crippen LogP contribution in [0.4, 0.5) is 0 Å². The number of fused-ring (bicyclic) bond motifs is 1. The Morgan fingerprint density at radius 3 is 2.25 bits per heavy atom. The Bertz CT molecular complexity index is 1180. The summed E-state index contributed by atoms with van der Waals surface area (Å²) in [5.41, 5.74) is 4.85. The summed E-state index contributed by atoms with van der Waals surface area (Å²) in [5.74, 6) is 0.895. The van der Waals surface area contributed by atoms with E-state index in [9.17, 15) is 0 Å². The van der Waals surface area contributed by atoms with Gasteiger partial charge in [-0.15, -0.1) is 0 Å². The fourth-order valence-corrected chi connectivity index (χ4v) is 3.85. The van der Waals surface area contributed by atoms with Gasteiger partial charge in [-0.3, -0.25) is 5.41 Å². The molecule has 142 valence electrons. The van der Waals surface area contributed by atoms with Crippen molar-refractivity contribution in [1.82, 2.24) is 9.13 Å². The van der Waals surface area contributed by atoms with Gasteiger partial charge in [0.2, 0.25) is 5.62 Å². The first-order valence-corrected chi connectivity index (χ1v) is 10.1. The molecule has 0 unspecified atom stereocenters. The Hall–Kier alpha value is -2.79. The Morgan fingerprint density at radius 2 is 1.50 bits per heavy atom. The highest BCUT2D eigenvalue weighted by Gasteiger charge is 2.12. The Labute approximate surface area is 172 Å². The van der Waals surface area contributed by atoms with Gasteiger partial charge >= 0.3 is 0 Å². The molecule has 0 saturated heterocycles. The molecule has 0 aliphatic heterocycles. The van der Waals surface area contributed by atoms with Crippen LogP contribution in [0.2, 0.25) is 0 Å². The maximum absolute atomic E-state index is 8.78. The van der Waals surface area contributed by atoms with Gasteiger partial charge in [0.1, 0.15) is 12.4 Å². The second-order valence-corrected chi connectivity index (χ2v) is 7.61. The van der Waals surface area contributed by atoms with Crippen LogP contribution in [-0.2, 0) is 13.1 Å². The summed E-state index contributed by atoms with van der Waals surface area (Å²) in [5, 5.41) is 8.78. The number of benzene rings is 3. The minimum absolute atomic E-state index is 0.477. The fraction of sp³-hybridized carbons (Fsp3) is 0.174. The van der Waals surface area contributed by atoms with Crippen LogP contribution in [-0.4, -0.2) is 15.7 Å². The molecular formula is C23H22BrN3O. The van der Waals surface area contributed by atoms with E-state index in [1.807, 2.05) is 70.7 Å². The Kier molecular flexibility index (Phi) is 5.35. The van der Waals surface area contributed by atoms with Crippen LogP contribution in [0.1, 0.15) is 11.1 Å². The highest BCUT2D eigenvalue weighted by molar-refractivity contribution is 9.10. The van der Waals surface area contributed by atoms with Crippen LogP contribution in [0, 0.1) is 12.3 Å². The van der Waals surface area contributed by atoms with E-state index in [1.54, 1.807) is 0 Å². The molecule has 28 heavy (non-hydrogen) atoms. The largest absolute Gasteiger partial charge is 0.491 e. The molecule has 4 aromatic rings. The quantitative estimate of drug-likeness (QED) is 0.448. The number of imidazole rings is 1. The number of nitrogens with one attached hydrogen (secondary N) is 1. The van der Waals surface area contributed by atoms with E-state index in [0.717, 1.165) is 32.4 Å². The van der Waals surface area contributed by atoms with E-state index in [-0.39, 0.29) is 0 Å². The fourth-order valence-electron chi connectivity index (χ4n) is 3.44. The first kappa shape index (κ1) is 18.6. The van der Waals surface area contributed by atoms with Crippen LogP contribution < -0.4 is 10.4 Å². The summed E-state index contributed by atoms with van der Waals surface area (Å²) in [6, 6.07) is 24.4. The zero-order valence-corrected chi connectivity index (χ0v) is 17.3. The van der Waals surface area contributed by atoms with Gasteiger partial charge < -0.3 is 13.9 Å². The number of halogens is 1. The molecule has 1 heterocycles. The topological polar surface area (TPSA) is 42.9 Å². The minimum atomic E-state index is 0.477. The van der Waals surface area contributed by atoms with Gasteiger partial charge in [-0.05, 0) is 42.3 Å². The maximum Gasteiger partial charge on any atom is 0.203 e. The molecule has 0 radical (unpaired) electrons. The molecule has 4 rings (SSSR count). The average molecular weight is 436 g/mol. The summed E-state index contributed by atoms with van der Waals surface area (Å²) in [6.45, 7) is 3.83. The average Bonchev–Trinajstić information content (AvgIpc) is 2.97. The first-order valence-electron chi connectivity index (χ1n) is 9.29. The van der Waals surface area contributed by atoms with Crippen LogP contribution in [0.25, 0.3) is 11.0 Å². The van der Waals surface area contributed by atoms with E-state index in [0.29, 0.717) is 25.3 Å². The lowest BCUT2D eigenvalue weighted by Gasteiger charge is -2.10. The molecule has 0 fully saturated rings. The lowest BCUT2D eigenvalue weighted by atomic mass is 10.2. The zero-order valence-electron chi connectivity index (χ0n) is 15.7. The van der Waals surface area contributed by atoms with Gasteiger partial charge in [-0.1, -0.05) is 64.5 Å². The molecular weight excluding hydrogens is 414 g/mol. The predicted molar refractivity (Wildman–Crippen MR) is 116 cm³/mol. The number of hydrogen-bond acceptors (Lipinski definition) is 2. The highest BCUT2D eigenvalue weighted by Crippen LogP contribution is 2.20. The lowest BCUT2D eigenvalue weighted by Crippen LogP contribution is -2.27. The number of nitrogens with zero attached hydrogens (tertiary/aromatic N) is 2. The maximum atomic E-state index is 8.78. The SMILES string of the molecule is Cc1ccccc1OCCn1c(=N)n(Cc2ccccc2Br)c2ccccc21. The van der Waals surface area contributed by atoms with Gasteiger partial charge in [0.25, 0.3) is 0 Å². The summed E-state index contributed by atoms with van der Waals surface area (Å²) in [7, 11) is 0. The van der Waals surface area contributed by atoms with Crippen molar-refractivity contribution in [2.24, 2.45) is 0 Å². The highest BCUT2D eigenvalue weighted by atomic mass is 79.9. The standard InChI is InChI=1S/C23H22BrN3O/c1-17-8-2-7-13-22(17)28-15-14-26-20-11-5-6-12-21(20)27(23(26)25)16-18-9-3-4-10-19(18)24/h2-13,25H,14-16H2,1H3. The molecule has 0 atom stereocenters. The third-order valence-electron chi connectivity index (χ3n) is 4.93. The van der Waals surface area contributed by atoms with E-state index in [1.165, 1.54) is 0 Å². The molecule has 1 N–H and O–H groups in total. The lowest BCUT2D eigenvalue weighted by molar-refractivity contribution is 0.295. The summed E-state index contributed by atoms with van der Waals surface area (Å²) in [6.07, 6.45) is 0. The van der Waals surface area contributed by atoms with Crippen LogP contribution >= 0.6 is 15.9 Å². The number of aromatic nitrogens is 2. The van der Waals surface area contributed by atoms with Crippen molar-refractivity contribution in [2.75, 3.05) is 6.61 Å². The number of hydrogen-bond donors (Lipinski definition) is 1. The van der Waals surface area contributed by atoms with Crippen molar-refractivity contribution in [2.45, 2.75) is 20.0 Å². The van der Waals surface area contributed by atoms with Crippen LogP contribution in [0.15, 0.2) is 77.3 Å². The second kappa shape index (κ2) is 8.07. The smallest absolute Gasteiger partial charge is 0.203 e. The van der Waals surface area contributed by atoms with E-state index in [2.05, 4.69) is 34.1 Å². The van der Waals surface area contributed by atoms with Crippen molar-refractivity contribution in [3.05, 3.63) is 94.0 Å². The number of aryl methyl sites for hydroxylation is 1. The molecule has 0 aliphatic rings. The number of para-hydroxylation sites is 3.